The third-order valence-corrected chi connectivity index (χ3v) is 4.59. The van der Waals surface area contributed by atoms with Gasteiger partial charge in [0.15, 0.2) is 0 Å². The van der Waals surface area contributed by atoms with E-state index < -0.39 is 5.97 Å². The first-order valence-electron chi connectivity index (χ1n) is 7.58. The lowest BCUT2D eigenvalue weighted by atomic mass is 9.93. The fourth-order valence-corrected chi connectivity index (χ4v) is 3.40. The van der Waals surface area contributed by atoms with Gasteiger partial charge in [-0.1, -0.05) is 6.07 Å². The van der Waals surface area contributed by atoms with E-state index in [0.29, 0.717) is 12.8 Å². The van der Waals surface area contributed by atoms with Crippen molar-refractivity contribution in [1.29, 1.82) is 0 Å². The van der Waals surface area contributed by atoms with Crippen LogP contribution < -0.4 is 15.0 Å². The van der Waals surface area contributed by atoms with Crippen LogP contribution in [0.5, 0.6) is 5.75 Å². The Balaban J connectivity index is 1.89. The molecule has 2 N–H and O–H groups in total. The Morgan fingerprint density at radius 1 is 1.38 bits per heavy atom. The number of nitrogens with zero attached hydrogens (tertiary/aromatic N) is 1. The van der Waals surface area contributed by atoms with Gasteiger partial charge in [0.05, 0.1) is 18.7 Å². The second-order valence-corrected chi connectivity index (χ2v) is 5.78. The number of carbonyl (C=O) groups is 1. The maximum absolute atomic E-state index is 11.1. The van der Waals surface area contributed by atoms with Crippen LogP contribution in [0.1, 0.15) is 24.0 Å². The highest BCUT2D eigenvalue weighted by molar-refractivity contribution is 5.71. The van der Waals surface area contributed by atoms with Gasteiger partial charge in [0.25, 0.3) is 0 Å². The molecule has 1 aromatic carbocycles. The Labute approximate surface area is 124 Å². The minimum atomic E-state index is -0.666. The summed E-state index contributed by atoms with van der Waals surface area (Å²) < 4.78 is 5.56. The van der Waals surface area contributed by atoms with Crippen LogP contribution in [-0.2, 0) is 17.8 Å². The molecule has 21 heavy (non-hydrogen) atoms. The molecule has 5 heteroatoms. The van der Waals surface area contributed by atoms with Gasteiger partial charge in [0.1, 0.15) is 5.75 Å². The maximum Gasteiger partial charge on any atom is 0.306 e. The average Bonchev–Trinajstić information content (AvgIpc) is 2.53. The number of aliphatic carboxylic acids is 1. The van der Waals surface area contributed by atoms with Gasteiger partial charge in [-0.3, -0.25) is 4.79 Å². The maximum atomic E-state index is 11.1. The summed E-state index contributed by atoms with van der Waals surface area (Å²) in [7, 11) is 1.70. The number of hydrogen-bond donors (Lipinski definition) is 2. The minimum Gasteiger partial charge on any atom is -0.495 e. The van der Waals surface area contributed by atoms with Crippen molar-refractivity contribution in [2.24, 2.45) is 5.92 Å². The van der Waals surface area contributed by atoms with Gasteiger partial charge >= 0.3 is 5.97 Å². The molecule has 0 aliphatic carbocycles. The topological polar surface area (TPSA) is 61.8 Å². The number of hydrogen-bond acceptors (Lipinski definition) is 4. The summed E-state index contributed by atoms with van der Waals surface area (Å²) in [6.07, 6.45) is 2.42. The van der Waals surface area contributed by atoms with Gasteiger partial charge in [-0.2, -0.15) is 0 Å². The molecule has 0 atom stereocenters. The van der Waals surface area contributed by atoms with E-state index in [1.54, 1.807) is 7.11 Å². The lowest BCUT2D eigenvalue weighted by Gasteiger charge is -2.35. The van der Waals surface area contributed by atoms with E-state index in [9.17, 15) is 4.79 Å². The molecule has 1 fully saturated rings. The second-order valence-electron chi connectivity index (χ2n) is 5.78. The molecule has 5 nitrogen and oxygen atoms in total. The Hall–Kier alpha value is -1.75. The lowest BCUT2D eigenvalue weighted by molar-refractivity contribution is -0.142. The fourth-order valence-electron chi connectivity index (χ4n) is 3.40. The number of benzene rings is 1. The number of piperidine rings is 1. The normalized spacial score (nSPS) is 19.2. The molecule has 2 aliphatic rings. The molecular formula is C16H22N2O3. The van der Waals surface area contributed by atoms with Crippen molar-refractivity contribution >= 4 is 11.7 Å². The summed E-state index contributed by atoms with van der Waals surface area (Å²) in [5, 5.41) is 12.5. The first-order valence-corrected chi connectivity index (χ1v) is 7.58. The van der Waals surface area contributed by atoms with Gasteiger partial charge < -0.3 is 20.1 Å². The predicted molar refractivity (Wildman–Crippen MR) is 81.0 cm³/mol. The monoisotopic (exact) mass is 290 g/mol. The quantitative estimate of drug-likeness (QED) is 0.886. The van der Waals surface area contributed by atoms with Crippen LogP contribution in [0.3, 0.4) is 0 Å². The van der Waals surface area contributed by atoms with Crippen LogP contribution in [0, 0.1) is 5.92 Å². The first-order chi connectivity index (χ1) is 10.2. The zero-order valence-corrected chi connectivity index (χ0v) is 12.4. The van der Waals surface area contributed by atoms with Crippen molar-refractivity contribution in [1.82, 2.24) is 5.32 Å². The zero-order chi connectivity index (χ0) is 14.8. The molecule has 0 radical (unpaired) electrons. The van der Waals surface area contributed by atoms with Crippen molar-refractivity contribution in [2.45, 2.75) is 25.8 Å². The average molecular weight is 290 g/mol. The number of nitrogens with one attached hydrogen (secondary N) is 1. The number of carboxylic acid groups (broad SMARTS) is 1. The Morgan fingerprint density at radius 2 is 2.14 bits per heavy atom. The van der Waals surface area contributed by atoms with Gasteiger partial charge in [-0.15, -0.1) is 0 Å². The Morgan fingerprint density at radius 3 is 2.81 bits per heavy atom. The van der Waals surface area contributed by atoms with Crippen molar-refractivity contribution in [3.05, 3.63) is 23.3 Å². The van der Waals surface area contributed by atoms with E-state index in [-0.39, 0.29) is 5.92 Å². The molecule has 0 spiro atoms. The molecule has 114 valence electrons. The summed E-state index contributed by atoms with van der Waals surface area (Å²) in [4.78, 5) is 13.4. The number of fused-ring (bicyclic) bond motifs is 1. The highest BCUT2D eigenvalue weighted by Gasteiger charge is 2.28. The molecule has 0 unspecified atom stereocenters. The summed E-state index contributed by atoms with van der Waals surface area (Å²) in [6.45, 7) is 3.46. The molecule has 0 aromatic heterocycles. The van der Waals surface area contributed by atoms with Crippen LogP contribution in [0.25, 0.3) is 0 Å². The number of rotatable bonds is 3. The molecule has 1 aromatic rings. The van der Waals surface area contributed by atoms with E-state index in [1.165, 1.54) is 16.8 Å². The van der Waals surface area contributed by atoms with Crippen LogP contribution >= 0.6 is 0 Å². The van der Waals surface area contributed by atoms with Gasteiger partial charge in [0, 0.05) is 19.6 Å². The molecule has 0 saturated carbocycles. The molecule has 1 saturated heterocycles. The Kier molecular flexibility index (Phi) is 4.01. The third-order valence-electron chi connectivity index (χ3n) is 4.59. The van der Waals surface area contributed by atoms with Gasteiger partial charge in [-0.25, -0.2) is 0 Å². The summed E-state index contributed by atoms with van der Waals surface area (Å²) in [5.41, 5.74) is 3.87. The third kappa shape index (κ3) is 2.70. The van der Waals surface area contributed by atoms with Crippen molar-refractivity contribution in [2.75, 3.05) is 31.6 Å². The summed E-state index contributed by atoms with van der Waals surface area (Å²) in [6, 6.07) is 4.16. The molecule has 0 amide bonds. The van der Waals surface area contributed by atoms with E-state index in [4.69, 9.17) is 9.84 Å². The molecule has 2 heterocycles. The van der Waals surface area contributed by atoms with Crippen molar-refractivity contribution in [3.8, 4) is 5.75 Å². The van der Waals surface area contributed by atoms with Crippen LogP contribution in [-0.4, -0.2) is 37.8 Å². The SMILES string of the molecule is COc1ccc2c(c1N1CCC(C(=O)O)CC1)CCNC2. The number of ether oxygens (including phenoxy) is 1. The molecule has 0 bridgehead atoms. The van der Waals surface area contributed by atoms with E-state index in [0.717, 1.165) is 38.3 Å². The number of methoxy groups -OCH3 is 1. The van der Waals surface area contributed by atoms with Crippen LogP contribution in [0.15, 0.2) is 12.1 Å². The fraction of sp³-hybridized carbons (Fsp3) is 0.562. The highest BCUT2D eigenvalue weighted by Crippen LogP contribution is 2.38. The van der Waals surface area contributed by atoms with Gasteiger partial charge in [0.2, 0.25) is 0 Å². The molecular weight excluding hydrogens is 268 g/mol. The molecule has 3 rings (SSSR count). The summed E-state index contributed by atoms with van der Waals surface area (Å²) in [5.74, 6) is 0.0405. The largest absolute Gasteiger partial charge is 0.495 e. The van der Waals surface area contributed by atoms with Crippen molar-refractivity contribution in [3.63, 3.8) is 0 Å². The standard InChI is InChI=1S/C16H22N2O3/c1-21-14-3-2-12-10-17-7-4-13(12)15(14)18-8-5-11(6-9-18)16(19)20/h2-3,11,17H,4-10H2,1H3,(H,19,20). The highest BCUT2D eigenvalue weighted by atomic mass is 16.5. The van der Waals surface area contributed by atoms with E-state index in [2.05, 4.69) is 16.3 Å². The van der Waals surface area contributed by atoms with E-state index in [1.807, 2.05) is 6.07 Å². The second kappa shape index (κ2) is 5.93. The summed E-state index contributed by atoms with van der Waals surface area (Å²) >= 11 is 0. The number of anilines is 1. The van der Waals surface area contributed by atoms with Crippen LogP contribution in [0.4, 0.5) is 5.69 Å². The van der Waals surface area contributed by atoms with Crippen LogP contribution in [0.2, 0.25) is 0 Å². The van der Waals surface area contributed by atoms with Gasteiger partial charge in [-0.05, 0) is 43.0 Å². The van der Waals surface area contributed by atoms with E-state index >= 15 is 0 Å². The predicted octanol–water partition coefficient (Wildman–Crippen LogP) is 1.64. The Bertz CT molecular complexity index is 537. The first kappa shape index (κ1) is 14.2. The zero-order valence-electron chi connectivity index (χ0n) is 12.4. The lowest BCUT2D eigenvalue weighted by Crippen LogP contribution is -2.38. The minimum absolute atomic E-state index is 0.201. The molecule has 2 aliphatic heterocycles. The smallest absolute Gasteiger partial charge is 0.306 e. The van der Waals surface area contributed by atoms with Crippen molar-refractivity contribution < 1.29 is 14.6 Å². The number of carboxylic acids is 1.